The number of nitrogens with one attached hydrogen (secondary N) is 1. The van der Waals surface area contributed by atoms with Gasteiger partial charge in [0.05, 0.1) is 16.7 Å². The summed E-state index contributed by atoms with van der Waals surface area (Å²) >= 11 is 5.67. The molecule has 19 heavy (non-hydrogen) atoms. The van der Waals surface area contributed by atoms with Gasteiger partial charge in [-0.1, -0.05) is 11.6 Å². The van der Waals surface area contributed by atoms with Crippen LogP contribution in [0, 0.1) is 10.1 Å². The monoisotopic (exact) mass is 288 g/mol. The highest BCUT2D eigenvalue weighted by molar-refractivity contribution is 6.33. The van der Waals surface area contributed by atoms with E-state index in [9.17, 15) is 20.0 Å². The zero-order chi connectivity index (χ0) is 14.8. The van der Waals surface area contributed by atoms with E-state index in [4.69, 9.17) is 16.3 Å². The Hall–Kier alpha value is -2.02. The minimum absolute atomic E-state index is 0.0650. The Labute approximate surface area is 114 Å². The number of hydrogen-bond donors (Lipinski definition) is 2. The van der Waals surface area contributed by atoms with Crippen LogP contribution in [0.4, 0.5) is 16.2 Å². The molecule has 1 rings (SSSR count). The number of aromatic hydroxyl groups is 1. The van der Waals surface area contributed by atoms with Gasteiger partial charge in [0.2, 0.25) is 0 Å². The summed E-state index contributed by atoms with van der Waals surface area (Å²) in [6.07, 6.45) is -0.798. The molecule has 7 nitrogen and oxygen atoms in total. The van der Waals surface area contributed by atoms with Crippen molar-refractivity contribution in [2.24, 2.45) is 0 Å². The number of benzene rings is 1. The molecule has 0 saturated carbocycles. The third-order valence-electron chi connectivity index (χ3n) is 1.90. The van der Waals surface area contributed by atoms with Crippen molar-refractivity contribution in [1.29, 1.82) is 0 Å². The van der Waals surface area contributed by atoms with Gasteiger partial charge in [0, 0.05) is 0 Å². The Balaban J connectivity index is 2.95. The number of amides is 1. The van der Waals surface area contributed by atoms with Crippen molar-refractivity contribution in [2.45, 2.75) is 26.4 Å². The summed E-state index contributed by atoms with van der Waals surface area (Å²) in [5.41, 5.74) is -1.22. The third-order valence-corrected chi connectivity index (χ3v) is 2.20. The summed E-state index contributed by atoms with van der Waals surface area (Å²) in [5.74, 6) is -0.470. The number of hydrogen-bond acceptors (Lipinski definition) is 5. The minimum atomic E-state index is -0.798. The van der Waals surface area contributed by atoms with Crippen LogP contribution in [0.1, 0.15) is 20.8 Å². The molecule has 0 saturated heterocycles. The number of halogens is 1. The van der Waals surface area contributed by atoms with E-state index in [1.807, 2.05) is 0 Å². The first kappa shape index (κ1) is 15.0. The van der Waals surface area contributed by atoms with E-state index in [0.29, 0.717) is 0 Å². The van der Waals surface area contributed by atoms with Gasteiger partial charge in [-0.2, -0.15) is 0 Å². The lowest BCUT2D eigenvalue weighted by Gasteiger charge is -2.19. The SMILES string of the molecule is CC(C)(C)OC(=O)Nc1cc(Cl)c([N+](=O)[O-])cc1O. The fourth-order valence-corrected chi connectivity index (χ4v) is 1.44. The maximum Gasteiger partial charge on any atom is 0.412 e. The number of nitrogens with zero attached hydrogens (tertiary/aromatic N) is 1. The fourth-order valence-electron chi connectivity index (χ4n) is 1.20. The van der Waals surface area contributed by atoms with Gasteiger partial charge < -0.3 is 9.84 Å². The largest absolute Gasteiger partial charge is 0.506 e. The molecule has 1 amide bonds. The van der Waals surface area contributed by atoms with Crippen molar-refractivity contribution >= 4 is 29.1 Å². The Kier molecular flexibility index (Phi) is 4.21. The van der Waals surface area contributed by atoms with Crippen LogP contribution in [0.15, 0.2) is 12.1 Å². The van der Waals surface area contributed by atoms with Gasteiger partial charge in [-0.3, -0.25) is 15.4 Å². The average molecular weight is 289 g/mol. The van der Waals surface area contributed by atoms with Gasteiger partial charge in [0.15, 0.2) is 0 Å². The van der Waals surface area contributed by atoms with Crippen molar-refractivity contribution in [3.8, 4) is 5.75 Å². The van der Waals surface area contributed by atoms with E-state index in [2.05, 4.69) is 5.32 Å². The average Bonchev–Trinajstić information content (AvgIpc) is 2.19. The van der Waals surface area contributed by atoms with Crippen molar-refractivity contribution in [1.82, 2.24) is 0 Å². The van der Waals surface area contributed by atoms with Crippen molar-refractivity contribution in [3.05, 3.63) is 27.3 Å². The summed E-state index contributed by atoms with van der Waals surface area (Å²) in [5, 5.41) is 22.2. The van der Waals surface area contributed by atoms with E-state index in [0.717, 1.165) is 12.1 Å². The second-order valence-electron chi connectivity index (χ2n) is 4.70. The number of carbonyl (C=O) groups is 1. The number of nitro groups is 1. The van der Waals surface area contributed by atoms with E-state index in [-0.39, 0.29) is 10.7 Å². The normalized spacial score (nSPS) is 10.9. The van der Waals surface area contributed by atoms with Gasteiger partial charge in [-0.25, -0.2) is 4.79 Å². The predicted octanol–water partition coefficient (Wildman–Crippen LogP) is 3.30. The summed E-state index contributed by atoms with van der Waals surface area (Å²) in [6.45, 7) is 5.03. The van der Waals surface area contributed by atoms with Crippen LogP contribution < -0.4 is 5.32 Å². The molecule has 0 atom stereocenters. The van der Waals surface area contributed by atoms with Gasteiger partial charge >= 0.3 is 6.09 Å². The van der Waals surface area contributed by atoms with Crippen molar-refractivity contribution in [2.75, 3.05) is 5.32 Å². The topological polar surface area (TPSA) is 102 Å². The zero-order valence-corrected chi connectivity index (χ0v) is 11.3. The molecule has 104 valence electrons. The van der Waals surface area contributed by atoms with Crippen LogP contribution >= 0.6 is 11.6 Å². The highest BCUT2D eigenvalue weighted by atomic mass is 35.5. The molecular formula is C11H13ClN2O5. The molecule has 0 aliphatic heterocycles. The molecule has 0 spiro atoms. The summed E-state index contributed by atoms with van der Waals surface area (Å²) in [4.78, 5) is 21.3. The molecule has 2 N–H and O–H groups in total. The number of phenols is 1. The Morgan fingerprint density at radius 2 is 2.05 bits per heavy atom. The second-order valence-corrected chi connectivity index (χ2v) is 5.11. The first-order valence-corrected chi connectivity index (χ1v) is 5.65. The summed E-state index contributed by atoms with van der Waals surface area (Å²) < 4.78 is 4.98. The van der Waals surface area contributed by atoms with Crippen LogP contribution in [-0.2, 0) is 4.74 Å². The van der Waals surface area contributed by atoms with Gasteiger partial charge in [0.25, 0.3) is 5.69 Å². The molecule has 0 bridgehead atoms. The lowest BCUT2D eigenvalue weighted by Crippen LogP contribution is -2.27. The maximum absolute atomic E-state index is 11.5. The lowest BCUT2D eigenvalue weighted by atomic mass is 10.2. The van der Waals surface area contributed by atoms with Gasteiger partial charge in [0.1, 0.15) is 16.4 Å². The number of ether oxygens (including phenoxy) is 1. The number of rotatable bonds is 2. The Morgan fingerprint density at radius 1 is 1.47 bits per heavy atom. The minimum Gasteiger partial charge on any atom is -0.506 e. The van der Waals surface area contributed by atoms with Crippen molar-refractivity contribution in [3.63, 3.8) is 0 Å². The first-order chi connectivity index (χ1) is 8.60. The Morgan fingerprint density at radius 3 is 2.53 bits per heavy atom. The number of carbonyl (C=O) groups excluding carboxylic acids is 1. The van der Waals surface area contributed by atoms with Crippen molar-refractivity contribution < 1.29 is 19.6 Å². The third kappa shape index (κ3) is 4.29. The molecule has 0 radical (unpaired) electrons. The molecule has 1 aromatic rings. The second kappa shape index (κ2) is 5.31. The van der Waals surface area contributed by atoms with E-state index in [1.165, 1.54) is 0 Å². The van der Waals surface area contributed by atoms with Crippen LogP contribution in [0.25, 0.3) is 0 Å². The molecule has 0 aromatic heterocycles. The van der Waals surface area contributed by atoms with E-state index in [1.54, 1.807) is 20.8 Å². The lowest BCUT2D eigenvalue weighted by molar-refractivity contribution is -0.384. The number of nitro benzene ring substituents is 1. The number of anilines is 1. The predicted molar refractivity (Wildman–Crippen MR) is 69.6 cm³/mol. The fraction of sp³-hybridized carbons (Fsp3) is 0.364. The smallest absolute Gasteiger partial charge is 0.412 e. The molecule has 1 aromatic carbocycles. The van der Waals surface area contributed by atoms with E-state index >= 15 is 0 Å². The van der Waals surface area contributed by atoms with Gasteiger partial charge in [-0.15, -0.1) is 0 Å². The quantitative estimate of drug-likeness (QED) is 0.494. The van der Waals surface area contributed by atoms with Crippen LogP contribution in [0.2, 0.25) is 5.02 Å². The molecular weight excluding hydrogens is 276 g/mol. The van der Waals surface area contributed by atoms with Crippen LogP contribution in [-0.4, -0.2) is 21.7 Å². The van der Waals surface area contributed by atoms with Crippen LogP contribution in [0.3, 0.4) is 0 Å². The maximum atomic E-state index is 11.5. The first-order valence-electron chi connectivity index (χ1n) is 5.27. The molecule has 0 heterocycles. The summed E-state index contributed by atoms with van der Waals surface area (Å²) in [7, 11) is 0. The zero-order valence-electron chi connectivity index (χ0n) is 10.6. The standard InChI is InChI=1S/C11H13ClN2O5/c1-11(2,3)19-10(16)13-7-4-6(12)8(14(17)18)5-9(7)15/h4-5,15H,1-3H3,(H,13,16). The summed E-state index contributed by atoms with van der Waals surface area (Å²) in [6, 6.07) is 1.94. The highest BCUT2D eigenvalue weighted by Gasteiger charge is 2.20. The number of phenolic OH excluding ortho intramolecular Hbond substituents is 1. The molecule has 0 aliphatic carbocycles. The molecule has 0 fully saturated rings. The van der Waals surface area contributed by atoms with E-state index < -0.39 is 28.1 Å². The van der Waals surface area contributed by atoms with Crippen LogP contribution in [0.5, 0.6) is 5.75 Å². The van der Waals surface area contributed by atoms with Gasteiger partial charge in [-0.05, 0) is 26.8 Å². The molecule has 0 unspecified atom stereocenters. The Bertz CT molecular complexity index is 525. The highest BCUT2D eigenvalue weighted by Crippen LogP contribution is 2.35. The molecule has 8 heteroatoms. The molecule has 0 aliphatic rings.